The number of para-hydroxylation sites is 1. The Morgan fingerprint density at radius 3 is 2.61 bits per heavy atom. The molecule has 168 valence electrons. The number of nitrogens with zero attached hydrogens (tertiary/aromatic N) is 2. The van der Waals surface area contributed by atoms with Gasteiger partial charge >= 0.3 is 6.61 Å². The summed E-state index contributed by atoms with van der Waals surface area (Å²) in [5.41, 5.74) is 0.0719. The zero-order valence-electron chi connectivity index (χ0n) is 18.0. The lowest BCUT2D eigenvalue weighted by Gasteiger charge is -2.36. The van der Waals surface area contributed by atoms with E-state index in [9.17, 15) is 18.4 Å². The smallest absolute Gasteiger partial charge is 0.387 e. The Morgan fingerprint density at radius 1 is 1.23 bits per heavy atom. The van der Waals surface area contributed by atoms with E-state index in [1.807, 2.05) is 32.9 Å². The molecule has 1 saturated heterocycles. The molecule has 3 rings (SSSR count). The third-order valence-electron chi connectivity index (χ3n) is 5.42. The summed E-state index contributed by atoms with van der Waals surface area (Å²) in [5.74, 6) is 0.518. The first-order chi connectivity index (χ1) is 14.8. The van der Waals surface area contributed by atoms with Crippen LogP contribution in [0, 0.1) is 12.8 Å². The Labute approximate surface area is 180 Å². The minimum Gasteiger partial charge on any atom is -0.464 e. The van der Waals surface area contributed by atoms with Gasteiger partial charge < -0.3 is 19.0 Å². The average molecular weight is 434 g/mol. The van der Waals surface area contributed by atoms with Crippen LogP contribution in [0.5, 0.6) is 5.75 Å². The van der Waals surface area contributed by atoms with Crippen molar-refractivity contribution in [2.24, 2.45) is 5.92 Å². The van der Waals surface area contributed by atoms with Crippen LogP contribution in [0.4, 0.5) is 8.78 Å². The second kappa shape index (κ2) is 9.94. The van der Waals surface area contributed by atoms with E-state index in [4.69, 9.17) is 4.42 Å². The molecule has 0 spiro atoms. The molecule has 0 bridgehead atoms. The number of carbonyl (C=O) groups is 2. The third-order valence-corrected chi connectivity index (χ3v) is 5.42. The van der Waals surface area contributed by atoms with Crippen LogP contribution < -0.4 is 4.74 Å². The summed E-state index contributed by atoms with van der Waals surface area (Å²) in [6, 6.07) is 9.62. The molecule has 2 heterocycles. The van der Waals surface area contributed by atoms with Crippen molar-refractivity contribution in [2.75, 3.05) is 13.1 Å². The molecular weight excluding hydrogens is 406 g/mol. The molecule has 0 saturated carbocycles. The maximum absolute atomic E-state index is 13.3. The Bertz CT molecular complexity index is 912. The van der Waals surface area contributed by atoms with Crippen LogP contribution in [0.15, 0.2) is 40.8 Å². The number of hydrogen-bond donors (Lipinski definition) is 0. The van der Waals surface area contributed by atoms with Gasteiger partial charge in [0.2, 0.25) is 5.91 Å². The lowest BCUT2D eigenvalue weighted by atomic mass is 9.95. The first-order valence-electron chi connectivity index (χ1n) is 10.4. The number of carbonyl (C=O) groups excluding carboxylic acids is 2. The zero-order valence-corrected chi connectivity index (χ0v) is 18.0. The molecule has 1 aliphatic rings. The fourth-order valence-corrected chi connectivity index (χ4v) is 3.86. The summed E-state index contributed by atoms with van der Waals surface area (Å²) >= 11 is 0. The minimum absolute atomic E-state index is 0.0378. The summed E-state index contributed by atoms with van der Waals surface area (Å²) in [6.45, 7) is 3.78. The van der Waals surface area contributed by atoms with Gasteiger partial charge in [-0.1, -0.05) is 12.1 Å². The van der Waals surface area contributed by atoms with Crippen molar-refractivity contribution in [3.63, 3.8) is 0 Å². The van der Waals surface area contributed by atoms with Gasteiger partial charge in [0, 0.05) is 19.1 Å². The lowest BCUT2D eigenvalue weighted by molar-refractivity contribution is -0.139. The predicted octanol–water partition coefficient (Wildman–Crippen LogP) is 4.48. The van der Waals surface area contributed by atoms with Crippen molar-refractivity contribution >= 4 is 11.8 Å². The van der Waals surface area contributed by atoms with Gasteiger partial charge in [-0.25, -0.2) is 0 Å². The van der Waals surface area contributed by atoms with Crippen LogP contribution in [-0.2, 0) is 11.3 Å². The standard InChI is InChI=1S/C23H28F2N2O4/c1-15(2)27(14-18-11-10-16(3)30-18)21(28)17-7-6-12-26(13-17)22(29)19-8-4-5-9-20(19)31-23(24)25/h4-5,8-11,15,17,23H,6-7,12-14H2,1-3H3/t17-/m1/s1. The van der Waals surface area contributed by atoms with E-state index in [-0.39, 0.29) is 35.7 Å². The van der Waals surface area contributed by atoms with Crippen molar-refractivity contribution in [3.8, 4) is 5.75 Å². The number of piperidine rings is 1. The van der Waals surface area contributed by atoms with Gasteiger partial charge in [-0.05, 0) is 57.9 Å². The van der Waals surface area contributed by atoms with Crippen molar-refractivity contribution in [2.45, 2.75) is 52.8 Å². The molecule has 0 radical (unpaired) electrons. The first kappa shape index (κ1) is 22.8. The molecule has 31 heavy (non-hydrogen) atoms. The van der Waals surface area contributed by atoms with Gasteiger partial charge in [0.15, 0.2) is 0 Å². The molecule has 2 aromatic rings. The highest BCUT2D eigenvalue weighted by Gasteiger charge is 2.33. The van der Waals surface area contributed by atoms with Gasteiger partial charge in [0.05, 0.1) is 18.0 Å². The summed E-state index contributed by atoms with van der Waals surface area (Å²) < 4.78 is 35.6. The van der Waals surface area contributed by atoms with Gasteiger partial charge in [0.1, 0.15) is 17.3 Å². The van der Waals surface area contributed by atoms with Crippen LogP contribution >= 0.6 is 0 Å². The van der Waals surface area contributed by atoms with Crippen LogP contribution in [0.3, 0.4) is 0 Å². The number of benzene rings is 1. The number of halogens is 2. The largest absolute Gasteiger partial charge is 0.464 e. The van der Waals surface area contributed by atoms with Crippen LogP contribution in [-0.4, -0.2) is 47.4 Å². The Hall–Kier alpha value is -2.90. The molecule has 0 unspecified atom stereocenters. The predicted molar refractivity (Wildman–Crippen MR) is 111 cm³/mol. The molecule has 1 atom stereocenters. The van der Waals surface area contributed by atoms with Crippen molar-refractivity contribution < 1.29 is 27.5 Å². The van der Waals surface area contributed by atoms with E-state index in [0.29, 0.717) is 31.7 Å². The highest BCUT2D eigenvalue weighted by atomic mass is 19.3. The van der Waals surface area contributed by atoms with Crippen LogP contribution in [0.2, 0.25) is 0 Å². The van der Waals surface area contributed by atoms with E-state index in [1.54, 1.807) is 15.9 Å². The number of likely N-dealkylation sites (tertiary alicyclic amines) is 1. The number of furan rings is 1. The number of rotatable bonds is 7. The molecule has 6 nitrogen and oxygen atoms in total. The summed E-state index contributed by atoms with van der Waals surface area (Å²) in [5, 5.41) is 0. The fraction of sp³-hybridized carbons (Fsp3) is 0.478. The number of hydrogen-bond acceptors (Lipinski definition) is 4. The number of aryl methyl sites for hydroxylation is 1. The highest BCUT2D eigenvalue weighted by Crippen LogP contribution is 2.26. The maximum atomic E-state index is 13.3. The second-order valence-corrected chi connectivity index (χ2v) is 8.04. The van der Waals surface area contributed by atoms with Gasteiger partial charge in [-0.3, -0.25) is 9.59 Å². The van der Waals surface area contributed by atoms with Crippen LogP contribution in [0.25, 0.3) is 0 Å². The van der Waals surface area contributed by atoms with Crippen molar-refractivity contribution in [1.82, 2.24) is 9.80 Å². The zero-order chi connectivity index (χ0) is 22.5. The molecule has 1 fully saturated rings. The monoisotopic (exact) mass is 434 g/mol. The van der Waals surface area contributed by atoms with Gasteiger partial charge in [-0.15, -0.1) is 0 Å². The summed E-state index contributed by atoms with van der Waals surface area (Å²) in [4.78, 5) is 29.6. The Balaban J connectivity index is 1.73. The molecule has 1 aromatic heterocycles. The Kier molecular flexibility index (Phi) is 7.30. The van der Waals surface area contributed by atoms with E-state index < -0.39 is 12.5 Å². The quantitative estimate of drug-likeness (QED) is 0.645. The normalized spacial score (nSPS) is 16.6. The second-order valence-electron chi connectivity index (χ2n) is 8.04. The molecule has 0 aliphatic carbocycles. The number of alkyl halides is 2. The van der Waals surface area contributed by atoms with E-state index >= 15 is 0 Å². The van der Waals surface area contributed by atoms with Gasteiger partial charge in [-0.2, -0.15) is 8.78 Å². The van der Waals surface area contributed by atoms with Crippen molar-refractivity contribution in [3.05, 3.63) is 53.5 Å². The lowest BCUT2D eigenvalue weighted by Crippen LogP contribution is -2.48. The Morgan fingerprint density at radius 2 is 1.97 bits per heavy atom. The fourth-order valence-electron chi connectivity index (χ4n) is 3.86. The topological polar surface area (TPSA) is 63.0 Å². The van der Waals surface area contributed by atoms with Gasteiger partial charge in [0.25, 0.3) is 5.91 Å². The first-order valence-corrected chi connectivity index (χ1v) is 10.4. The summed E-state index contributed by atoms with van der Waals surface area (Å²) in [6.07, 6.45) is 1.32. The molecule has 2 amide bonds. The molecule has 1 aromatic carbocycles. The number of amides is 2. The van der Waals surface area contributed by atoms with Crippen LogP contribution in [0.1, 0.15) is 48.6 Å². The third kappa shape index (κ3) is 5.62. The average Bonchev–Trinajstić information content (AvgIpc) is 3.15. The molecular formula is C23H28F2N2O4. The van der Waals surface area contributed by atoms with E-state index in [1.165, 1.54) is 18.2 Å². The van der Waals surface area contributed by atoms with E-state index in [2.05, 4.69) is 4.74 Å². The SMILES string of the molecule is Cc1ccc(CN(C(=O)[C@@H]2CCCN(C(=O)c3ccccc3OC(F)F)C2)C(C)C)o1. The molecule has 0 N–H and O–H groups in total. The van der Waals surface area contributed by atoms with Crippen molar-refractivity contribution in [1.29, 1.82) is 0 Å². The highest BCUT2D eigenvalue weighted by molar-refractivity contribution is 5.97. The minimum atomic E-state index is -3.02. The summed E-state index contributed by atoms with van der Waals surface area (Å²) in [7, 11) is 0. The molecule has 8 heteroatoms. The maximum Gasteiger partial charge on any atom is 0.387 e. The number of ether oxygens (including phenoxy) is 1. The van der Waals surface area contributed by atoms with E-state index in [0.717, 1.165) is 5.76 Å². The molecule has 1 aliphatic heterocycles.